The van der Waals surface area contributed by atoms with Gasteiger partial charge in [-0.2, -0.15) is 0 Å². The number of carboxylic acid groups (broad SMARTS) is 2. The van der Waals surface area contributed by atoms with Gasteiger partial charge in [0.25, 0.3) is 0 Å². The second-order valence-corrected chi connectivity index (χ2v) is 2.76. The minimum atomic E-state index is -1.10. The van der Waals surface area contributed by atoms with E-state index < -0.39 is 11.9 Å². The molecule has 9 heteroatoms. The Morgan fingerprint density at radius 1 is 0.737 bits per heavy atom. The van der Waals surface area contributed by atoms with Crippen molar-refractivity contribution in [3.63, 3.8) is 0 Å². The molecule has 0 saturated heterocycles. The summed E-state index contributed by atoms with van der Waals surface area (Å²) in [5.41, 5.74) is 0. The summed E-state index contributed by atoms with van der Waals surface area (Å²) in [5, 5.41) is 16.5. The number of nitrogens with zero attached hydrogens (tertiary/aromatic N) is 4. The molecule has 2 rings (SSSR count). The van der Waals surface area contributed by atoms with Crippen molar-refractivity contribution >= 4 is 11.9 Å². The van der Waals surface area contributed by atoms with Crippen LogP contribution >= 0.6 is 0 Å². The van der Waals surface area contributed by atoms with E-state index in [1.54, 1.807) is 12.1 Å². The van der Waals surface area contributed by atoms with Crippen LogP contribution in [-0.2, 0) is 17.1 Å². The standard InChI is InChI=1S/2C5H4N2O2.Mn/c2*8-5(9)4-6-2-1-3-7-4;/h2*1-3H,(H,8,9);. The van der Waals surface area contributed by atoms with Gasteiger partial charge in [-0.15, -0.1) is 0 Å². The van der Waals surface area contributed by atoms with E-state index in [1.807, 2.05) is 0 Å². The monoisotopic (exact) mass is 303 g/mol. The second-order valence-electron chi connectivity index (χ2n) is 2.76. The fourth-order valence-corrected chi connectivity index (χ4v) is 0.819. The smallest absolute Gasteiger partial charge is 0.373 e. The summed E-state index contributed by atoms with van der Waals surface area (Å²) < 4.78 is 0. The maximum Gasteiger partial charge on any atom is 0.373 e. The zero-order valence-electron chi connectivity index (χ0n) is 9.34. The predicted octanol–water partition coefficient (Wildman–Crippen LogP) is 0.347. The summed E-state index contributed by atoms with van der Waals surface area (Å²) in [4.78, 5) is 34.0. The molecule has 0 aliphatic heterocycles. The van der Waals surface area contributed by atoms with Gasteiger partial charge in [0.15, 0.2) is 0 Å². The normalized spacial score (nSPS) is 8.42. The second kappa shape index (κ2) is 8.67. The van der Waals surface area contributed by atoms with E-state index in [9.17, 15) is 9.59 Å². The van der Waals surface area contributed by atoms with Crippen molar-refractivity contribution in [3.8, 4) is 0 Å². The van der Waals surface area contributed by atoms with Crippen LogP contribution in [0.25, 0.3) is 0 Å². The van der Waals surface area contributed by atoms with Crippen LogP contribution in [0, 0.1) is 0 Å². The van der Waals surface area contributed by atoms with E-state index in [2.05, 4.69) is 19.9 Å². The topological polar surface area (TPSA) is 126 Å². The number of carbonyl (C=O) groups is 2. The van der Waals surface area contributed by atoms with Crippen LogP contribution in [0.5, 0.6) is 0 Å². The van der Waals surface area contributed by atoms with Gasteiger partial charge in [-0.05, 0) is 12.1 Å². The summed E-state index contributed by atoms with van der Waals surface area (Å²) >= 11 is 0. The van der Waals surface area contributed by atoms with Crippen LogP contribution < -0.4 is 0 Å². The number of rotatable bonds is 2. The molecule has 2 aromatic rings. The molecule has 0 atom stereocenters. The van der Waals surface area contributed by atoms with Gasteiger partial charge < -0.3 is 10.2 Å². The van der Waals surface area contributed by atoms with Gasteiger partial charge in [-0.25, -0.2) is 29.5 Å². The minimum absolute atomic E-state index is 0. The first-order valence-electron chi connectivity index (χ1n) is 4.62. The molecule has 0 aromatic carbocycles. The molecule has 0 fully saturated rings. The summed E-state index contributed by atoms with van der Waals surface area (Å²) in [6, 6.07) is 3.12. The number of hydrogen-bond donors (Lipinski definition) is 2. The summed E-state index contributed by atoms with van der Waals surface area (Å²) in [7, 11) is 0. The molecule has 19 heavy (non-hydrogen) atoms. The molecular weight excluding hydrogens is 295 g/mol. The Bertz CT molecular complexity index is 474. The molecule has 0 saturated carbocycles. The molecular formula is C10H8MnN4O4. The molecule has 0 unspecified atom stereocenters. The zero-order chi connectivity index (χ0) is 13.4. The van der Waals surface area contributed by atoms with E-state index >= 15 is 0 Å². The first-order chi connectivity index (χ1) is 8.61. The third kappa shape index (κ3) is 6.20. The maximum absolute atomic E-state index is 10.1. The fraction of sp³-hybridized carbons (Fsp3) is 0. The van der Waals surface area contributed by atoms with E-state index in [4.69, 9.17) is 10.2 Å². The van der Waals surface area contributed by atoms with E-state index in [0.717, 1.165) is 0 Å². The van der Waals surface area contributed by atoms with Crippen molar-refractivity contribution in [1.29, 1.82) is 0 Å². The van der Waals surface area contributed by atoms with Gasteiger partial charge in [-0.3, -0.25) is 0 Å². The van der Waals surface area contributed by atoms with E-state index in [1.165, 1.54) is 24.8 Å². The zero-order valence-corrected chi connectivity index (χ0v) is 10.5. The first-order valence-corrected chi connectivity index (χ1v) is 4.62. The molecule has 0 spiro atoms. The summed E-state index contributed by atoms with van der Waals surface area (Å²) in [6.07, 6.45) is 5.54. The predicted molar refractivity (Wildman–Crippen MR) is 58.0 cm³/mol. The Balaban J connectivity index is 0.000000324. The van der Waals surface area contributed by atoms with Crippen LogP contribution in [0.3, 0.4) is 0 Å². The van der Waals surface area contributed by atoms with Crippen molar-refractivity contribution in [2.75, 3.05) is 0 Å². The van der Waals surface area contributed by atoms with Gasteiger partial charge in [0, 0.05) is 41.9 Å². The van der Waals surface area contributed by atoms with Crippen LogP contribution in [-0.4, -0.2) is 42.1 Å². The average molecular weight is 303 g/mol. The fourth-order valence-electron chi connectivity index (χ4n) is 0.819. The number of hydrogen-bond acceptors (Lipinski definition) is 6. The molecule has 2 aromatic heterocycles. The Kier molecular flexibility index (Phi) is 7.59. The van der Waals surface area contributed by atoms with Crippen LogP contribution in [0.2, 0.25) is 0 Å². The van der Waals surface area contributed by atoms with Gasteiger partial charge >= 0.3 is 11.9 Å². The van der Waals surface area contributed by atoms with Crippen molar-refractivity contribution in [2.45, 2.75) is 0 Å². The SMILES string of the molecule is O=C(O)c1ncccn1.O=C(O)c1ncccn1.[Mn]. The molecule has 99 valence electrons. The third-order valence-corrected chi connectivity index (χ3v) is 1.51. The van der Waals surface area contributed by atoms with E-state index in [0.29, 0.717) is 0 Å². The van der Waals surface area contributed by atoms with Crippen molar-refractivity contribution < 1.29 is 36.9 Å². The Hall–Kier alpha value is -2.38. The molecule has 0 bridgehead atoms. The van der Waals surface area contributed by atoms with Gasteiger partial charge in [0.05, 0.1) is 0 Å². The molecule has 2 N–H and O–H groups in total. The van der Waals surface area contributed by atoms with Gasteiger partial charge in [0.2, 0.25) is 11.6 Å². The van der Waals surface area contributed by atoms with Gasteiger partial charge in [0.1, 0.15) is 0 Å². The van der Waals surface area contributed by atoms with Crippen LogP contribution in [0.4, 0.5) is 0 Å². The molecule has 0 aliphatic rings. The van der Waals surface area contributed by atoms with Crippen LogP contribution in [0.1, 0.15) is 21.2 Å². The third-order valence-electron chi connectivity index (χ3n) is 1.51. The molecule has 1 radical (unpaired) electrons. The minimum Gasteiger partial charge on any atom is -0.475 e. The van der Waals surface area contributed by atoms with Crippen molar-refractivity contribution in [1.82, 2.24) is 19.9 Å². The summed E-state index contributed by atoms with van der Waals surface area (Å²) in [6.45, 7) is 0. The number of aromatic carboxylic acids is 2. The summed E-state index contributed by atoms with van der Waals surface area (Å²) in [5.74, 6) is -2.54. The number of aromatic nitrogens is 4. The quantitative estimate of drug-likeness (QED) is 0.761. The Morgan fingerprint density at radius 3 is 1.16 bits per heavy atom. The van der Waals surface area contributed by atoms with Crippen molar-refractivity contribution in [2.24, 2.45) is 0 Å². The van der Waals surface area contributed by atoms with Gasteiger partial charge in [-0.1, -0.05) is 0 Å². The molecule has 2 heterocycles. The molecule has 0 aliphatic carbocycles. The Morgan fingerprint density at radius 2 is 1.00 bits per heavy atom. The largest absolute Gasteiger partial charge is 0.475 e. The first kappa shape index (κ1) is 16.6. The van der Waals surface area contributed by atoms with E-state index in [-0.39, 0.29) is 28.7 Å². The number of carboxylic acids is 2. The molecule has 8 nitrogen and oxygen atoms in total. The average Bonchev–Trinajstić information content (AvgIpc) is 2.41. The Labute approximate surface area is 118 Å². The molecule has 0 amide bonds. The maximum atomic E-state index is 10.1. The van der Waals surface area contributed by atoms with Crippen molar-refractivity contribution in [3.05, 3.63) is 48.6 Å². The van der Waals surface area contributed by atoms with Crippen LogP contribution in [0.15, 0.2) is 36.9 Å².